The normalized spacial score (nSPS) is 17.3. The van der Waals surface area contributed by atoms with E-state index < -0.39 is 42.6 Å². The topological polar surface area (TPSA) is 88.1 Å². The van der Waals surface area contributed by atoms with Gasteiger partial charge in [0.25, 0.3) is 5.91 Å². The van der Waals surface area contributed by atoms with Crippen molar-refractivity contribution in [3.05, 3.63) is 95.1 Å². The van der Waals surface area contributed by atoms with Crippen LogP contribution in [0.15, 0.2) is 72.8 Å². The molecule has 12 heteroatoms. The predicted octanol–water partition coefficient (Wildman–Crippen LogP) is 6.39. The minimum Gasteiger partial charge on any atom is -0.489 e. The van der Waals surface area contributed by atoms with Crippen LogP contribution in [0.2, 0.25) is 0 Å². The first-order valence-corrected chi connectivity index (χ1v) is 15.1. The number of halogens is 5. The van der Waals surface area contributed by atoms with Crippen molar-refractivity contribution in [2.24, 2.45) is 0 Å². The molecule has 1 saturated heterocycles. The number of amides is 1. The van der Waals surface area contributed by atoms with E-state index in [2.05, 4.69) is 5.32 Å². The zero-order chi connectivity index (χ0) is 33.3. The average molecular weight is 649 g/mol. The number of carbonyl (C=O) groups is 2. The van der Waals surface area contributed by atoms with E-state index in [1.807, 2.05) is 4.90 Å². The van der Waals surface area contributed by atoms with Crippen LogP contribution in [0, 0.1) is 0 Å². The molecule has 46 heavy (non-hydrogen) atoms. The van der Waals surface area contributed by atoms with Crippen molar-refractivity contribution in [1.29, 1.82) is 0 Å². The van der Waals surface area contributed by atoms with E-state index in [1.54, 1.807) is 55.5 Å². The second-order valence-electron chi connectivity index (χ2n) is 11.1. The van der Waals surface area contributed by atoms with E-state index in [0.717, 1.165) is 17.7 Å². The molecular formula is C34H37F5N2O5. The number of aliphatic hydroxyl groups is 1. The van der Waals surface area contributed by atoms with Crippen LogP contribution in [0.1, 0.15) is 59.3 Å². The van der Waals surface area contributed by atoms with Crippen molar-refractivity contribution in [2.45, 2.75) is 63.4 Å². The first-order chi connectivity index (χ1) is 22.0. The molecule has 0 aromatic heterocycles. The van der Waals surface area contributed by atoms with Crippen LogP contribution in [0.4, 0.5) is 27.6 Å². The van der Waals surface area contributed by atoms with E-state index in [9.17, 15) is 36.6 Å². The Balaban J connectivity index is 1.42. The van der Waals surface area contributed by atoms with Crippen LogP contribution in [0.5, 0.6) is 5.75 Å². The van der Waals surface area contributed by atoms with E-state index >= 15 is 0 Å². The number of rotatable bonds is 15. The molecule has 1 amide bonds. The Morgan fingerprint density at radius 3 is 2.26 bits per heavy atom. The molecule has 248 valence electrons. The fourth-order valence-electron chi connectivity index (χ4n) is 5.24. The van der Waals surface area contributed by atoms with Gasteiger partial charge in [-0.3, -0.25) is 9.59 Å². The Morgan fingerprint density at radius 2 is 1.67 bits per heavy atom. The lowest BCUT2D eigenvalue weighted by molar-refractivity contribution is -0.137. The third-order valence-corrected chi connectivity index (χ3v) is 7.78. The summed E-state index contributed by atoms with van der Waals surface area (Å²) in [5.74, 6) is -0.0238. The molecule has 1 fully saturated rings. The number of hydrogen-bond donors (Lipinski definition) is 2. The minimum absolute atomic E-state index is 0.116. The smallest absolute Gasteiger partial charge is 0.416 e. The van der Waals surface area contributed by atoms with Gasteiger partial charge in [-0.05, 0) is 59.7 Å². The third kappa shape index (κ3) is 9.73. The van der Waals surface area contributed by atoms with Gasteiger partial charge in [-0.25, -0.2) is 8.78 Å². The molecule has 7 nitrogen and oxygen atoms in total. The van der Waals surface area contributed by atoms with Crippen molar-refractivity contribution < 1.29 is 46.1 Å². The highest BCUT2D eigenvalue weighted by Crippen LogP contribution is 2.32. The molecular weight excluding hydrogens is 611 g/mol. The standard InChI is InChI=1S/C34H37F5N2O5/c1-2-28(43)17-22-3-5-23(6-4-22)31(20-42)40-33(44)24-7-11-26(12-8-24)41-19-30(18-27(41)21-45-16-15-32(35)36)46-29-13-9-25(10-14-29)34(37,38)39/h3-14,27,30-32,42H,2,15-21H2,1H3,(H,40,44)/t27-,30+,31-/m0/s1. The molecule has 1 aliphatic heterocycles. The van der Waals surface area contributed by atoms with Crippen molar-refractivity contribution in [1.82, 2.24) is 5.32 Å². The van der Waals surface area contributed by atoms with Crippen LogP contribution in [-0.2, 0) is 22.1 Å². The summed E-state index contributed by atoms with van der Waals surface area (Å²) in [5.41, 5.74) is 1.81. The Kier molecular flexibility index (Phi) is 12.1. The van der Waals surface area contributed by atoms with Crippen molar-refractivity contribution in [3.63, 3.8) is 0 Å². The van der Waals surface area contributed by atoms with E-state index in [0.29, 0.717) is 42.6 Å². The molecule has 0 radical (unpaired) electrons. The molecule has 3 atom stereocenters. The molecule has 0 saturated carbocycles. The lowest BCUT2D eigenvalue weighted by Crippen LogP contribution is -2.34. The molecule has 0 unspecified atom stereocenters. The second kappa shape index (κ2) is 16.0. The van der Waals surface area contributed by atoms with Gasteiger partial charge in [-0.15, -0.1) is 0 Å². The zero-order valence-corrected chi connectivity index (χ0v) is 25.3. The number of alkyl halides is 5. The molecule has 4 rings (SSSR count). The van der Waals surface area contributed by atoms with Crippen molar-refractivity contribution >= 4 is 17.4 Å². The van der Waals surface area contributed by atoms with Gasteiger partial charge in [0.05, 0.1) is 44.0 Å². The number of nitrogens with one attached hydrogen (secondary N) is 1. The Labute approximate surface area is 264 Å². The van der Waals surface area contributed by atoms with Gasteiger partial charge in [-0.2, -0.15) is 13.2 Å². The fourth-order valence-corrected chi connectivity index (χ4v) is 5.24. The largest absolute Gasteiger partial charge is 0.489 e. The Morgan fingerprint density at radius 1 is 1.00 bits per heavy atom. The molecule has 0 aliphatic carbocycles. The molecule has 3 aromatic rings. The summed E-state index contributed by atoms with van der Waals surface area (Å²) in [6, 6.07) is 17.3. The first kappa shape index (κ1) is 34.8. The Hall–Kier alpha value is -4.03. The highest BCUT2D eigenvalue weighted by atomic mass is 19.4. The number of carbonyl (C=O) groups excluding carboxylic acids is 2. The SMILES string of the molecule is CCC(=O)Cc1ccc([C@H](CO)NC(=O)c2ccc(N3C[C@H](Oc4ccc(C(F)(F)F)cc4)C[C@H]3COCCC(F)F)cc2)cc1. The van der Waals surface area contributed by atoms with Gasteiger partial charge in [-0.1, -0.05) is 31.2 Å². The fraction of sp³-hybridized carbons (Fsp3) is 0.412. The zero-order valence-electron chi connectivity index (χ0n) is 25.3. The van der Waals surface area contributed by atoms with E-state index in [4.69, 9.17) is 9.47 Å². The lowest BCUT2D eigenvalue weighted by atomic mass is 10.0. The minimum atomic E-state index is -4.46. The number of ether oxygens (including phenoxy) is 2. The summed E-state index contributed by atoms with van der Waals surface area (Å²) < 4.78 is 75.6. The average Bonchev–Trinajstić information content (AvgIpc) is 3.44. The van der Waals surface area contributed by atoms with Gasteiger partial charge >= 0.3 is 6.18 Å². The monoisotopic (exact) mass is 648 g/mol. The second-order valence-corrected chi connectivity index (χ2v) is 11.1. The van der Waals surface area contributed by atoms with Crippen LogP contribution in [0.25, 0.3) is 0 Å². The van der Waals surface area contributed by atoms with Gasteiger partial charge in [0, 0.05) is 36.9 Å². The summed E-state index contributed by atoms with van der Waals surface area (Å²) in [4.78, 5) is 26.7. The summed E-state index contributed by atoms with van der Waals surface area (Å²) in [5, 5.41) is 12.8. The summed E-state index contributed by atoms with van der Waals surface area (Å²) in [6.45, 7) is 1.82. The number of ketones is 1. The number of benzene rings is 3. The number of Topliss-reactive ketones (excluding diaryl/α,β-unsaturated/α-hetero) is 1. The maximum absolute atomic E-state index is 13.1. The molecule has 2 N–H and O–H groups in total. The number of hydrogen-bond acceptors (Lipinski definition) is 6. The quantitative estimate of drug-likeness (QED) is 0.147. The van der Waals surface area contributed by atoms with E-state index in [-0.39, 0.29) is 37.4 Å². The van der Waals surface area contributed by atoms with Gasteiger partial charge in [0.2, 0.25) is 6.43 Å². The van der Waals surface area contributed by atoms with Crippen LogP contribution in [-0.4, -0.2) is 61.7 Å². The highest BCUT2D eigenvalue weighted by molar-refractivity contribution is 5.94. The van der Waals surface area contributed by atoms with Gasteiger partial charge < -0.3 is 24.8 Å². The highest BCUT2D eigenvalue weighted by Gasteiger charge is 2.35. The molecule has 0 spiro atoms. The van der Waals surface area contributed by atoms with Crippen LogP contribution in [0.3, 0.4) is 0 Å². The van der Waals surface area contributed by atoms with Crippen LogP contribution < -0.4 is 15.0 Å². The molecule has 1 heterocycles. The molecule has 1 aliphatic rings. The van der Waals surface area contributed by atoms with Crippen LogP contribution >= 0.6 is 0 Å². The predicted molar refractivity (Wildman–Crippen MR) is 162 cm³/mol. The number of aliphatic hydroxyl groups excluding tert-OH is 1. The Bertz CT molecular complexity index is 1420. The summed E-state index contributed by atoms with van der Waals surface area (Å²) >= 11 is 0. The maximum Gasteiger partial charge on any atom is 0.416 e. The molecule has 3 aromatic carbocycles. The lowest BCUT2D eigenvalue weighted by Gasteiger charge is -2.26. The van der Waals surface area contributed by atoms with Gasteiger partial charge in [0.1, 0.15) is 17.6 Å². The number of nitrogens with zero attached hydrogens (tertiary/aromatic N) is 1. The number of anilines is 1. The molecule has 0 bridgehead atoms. The maximum atomic E-state index is 13.1. The van der Waals surface area contributed by atoms with Crippen molar-refractivity contribution in [3.8, 4) is 5.75 Å². The van der Waals surface area contributed by atoms with Gasteiger partial charge in [0.15, 0.2) is 0 Å². The summed E-state index contributed by atoms with van der Waals surface area (Å²) in [6.07, 6.45) is -6.58. The van der Waals surface area contributed by atoms with Crippen molar-refractivity contribution in [2.75, 3.05) is 31.3 Å². The third-order valence-electron chi connectivity index (χ3n) is 7.78. The van der Waals surface area contributed by atoms with E-state index in [1.165, 1.54) is 12.1 Å². The first-order valence-electron chi connectivity index (χ1n) is 15.1. The summed E-state index contributed by atoms with van der Waals surface area (Å²) in [7, 11) is 0.